The first-order valence-corrected chi connectivity index (χ1v) is 3.98. The first-order valence-electron chi connectivity index (χ1n) is 3.98. The van der Waals surface area contributed by atoms with Gasteiger partial charge in [-0.05, 0) is 6.07 Å². The minimum Gasteiger partial charge on any atom is -0.465 e. The first-order chi connectivity index (χ1) is 7.51. The fourth-order valence-electron chi connectivity index (χ4n) is 1.01. The summed E-state index contributed by atoms with van der Waals surface area (Å²) >= 11 is 0. The summed E-state index contributed by atoms with van der Waals surface area (Å²) < 4.78 is 42.2. The third-order valence-electron chi connectivity index (χ3n) is 1.71. The predicted molar refractivity (Wildman–Crippen MR) is 45.2 cm³/mol. The van der Waals surface area contributed by atoms with Crippen molar-refractivity contribution in [1.29, 1.82) is 5.26 Å². The van der Waals surface area contributed by atoms with Crippen LogP contribution in [0.2, 0.25) is 0 Å². The van der Waals surface area contributed by atoms with Gasteiger partial charge in [0.15, 0.2) is 5.82 Å². The number of methoxy groups -OCH3 is 1. The molecule has 0 aliphatic heterocycles. The lowest BCUT2D eigenvalue weighted by atomic mass is 10.2. The van der Waals surface area contributed by atoms with E-state index in [1.165, 1.54) is 6.07 Å². The highest BCUT2D eigenvalue weighted by Crippen LogP contribution is 2.23. The van der Waals surface area contributed by atoms with Crippen molar-refractivity contribution < 1.29 is 22.7 Å². The molecule has 0 aromatic carbocycles. The van der Waals surface area contributed by atoms with E-state index in [-0.39, 0.29) is 0 Å². The summed E-state index contributed by atoms with van der Waals surface area (Å²) in [6, 6.07) is 2.21. The van der Waals surface area contributed by atoms with E-state index < -0.39 is 35.2 Å². The number of nitriles is 1. The molecule has 16 heavy (non-hydrogen) atoms. The molecule has 1 aromatic heterocycles. The van der Waals surface area contributed by atoms with Gasteiger partial charge in [0.05, 0.1) is 7.11 Å². The number of hydrogen-bond donors (Lipinski definition) is 0. The summed E-state index contributed by atoms with van der Waals surface area (Å²) in [5.41, 5.74) is -2.44. The van der Waals surface area contributed by atoms with Crippen LogP contribution < -0.4 is 0 Å². The molecule has 1 aromatic rings. The van der Waals surface area contributed by atoms with Crippen LogP contribution in [0.5, 0.6) is 0 Å². The van der Waals surface area contributed by atoms with Gasteiger partial charge in [0, 0.05) is 0 Å². The maximum atomic E-state index is 13.3. The molecule has 0 N–H and O–H groups in total. The van der Waals surface area contributed by atoms with Crippen LogP contribution >= 0.6 is 0 Å². The lowest BCUT2D eigenvalue weighted by Crippen LogP contribution is -2.10. The van der Waals surface area contributed by atoms with Gasteiger partial charge in [-0.2, -0.15) is 5.26 Å². The topological polar surface area (TPSA) is 63.0 Å². The Balaban J connectivity index is 3.44. The molecule has 0 aliphatic carbocycles. The Bertz CT molecular complexity index is 469. The number of hydrogen-bond acceptors (Lipinski definition) is 4. The van der Waals surface area contributed by atoms with Crippen molar-refractivity contribution >= 4 is 5.97 Å². The second-order valence-electron chi connectivity index (χ2n) is 2.66. The van der Waals surface area contributed by atoms with E-state index in [1.807, 2.05) is 0 Å². The number of rotatable bonds is 2. The number of pyridine rings is 1. The van der Waals surface area contributed by atoms with E-state index in [0.29, 0.717) is 0 Å². The number of nitrogens with zero attached hydrogens (tertiary/aromatic N) is 2. The molecule has 1 rings (SSSR count). The number of ether oxygens (including phenoxy) is 1. The highest BCUT2D eigenvalue weighted by atomic mass is 19.3. The fraction of sp³-hybridized carbons (Fsp3) is 0.222. The molecule has 0 spiro atoms. The molecule has 0 saturated carbocycles. The Kier molecular flexibility index (Phi) is 3.45. The number of aromatic nitrogens is 1. The SMILES string of the molecule is COC(=O)c1cc(C#N)nc(C(F)F)c1F. The second-order valence-corrected chi connectivity index (χ2v) is 2.66. The summed E-state index contributed by atoms with van der Waals surface area (Å²) in [5, 5.41) is 8.48. The van der Waals surface area contributed by atoms with Crippen LogP contribution in [0.1, 0.15) is 28.2 Å². The van der Waals surface area contributed by atoms with Gasteiger partial charge < -0.3 is 4.74 Å². The van der Waals surface area contributed by atoms with Crippen LogP contribution in [0.3, 0.4) is 0 Å². The molecule has 0 bridgehead atoms. The minimum absolute atomic E-state index is 0.475. The molecule has 0 amide bonds. The highest BCUT2D eigenvalue weighted by Gasteiger charge is 2.24. The van der Waals surface area contributed by atoms with Crippen LogP contribution in [0, 0.1) is 17.1 Å². The zero-order valence-corrected chi connectivity index (χ0v) is 8.00. The van der Waals surface area contributed by atoms with E-state index in [4.69, 9.17) is 5.26 Å². The van der Waals surface area contributed by atoms with Crippen molar-refractivity contribution in [2.45, 2.75) is 6.43 Å². The fourth-order valence-corrected chi connectivity index (χ4v) is 1.01. The molecule has 0 saturated heterocycles. The molecule has 0 atom stereocenters. The molecule has 84 valence electrons. The third kappa shape index (κ3) is 2.11. The van der Waals surface area contributed by atoms with Gasteiger partial charge in [-0.1, -0.05) is 0 Å². The predicted octanol–water partition coefficient (Wildman–Crippen LogP) is 1.82. The van der Waals surface area contributed by atoms with Gasteiger partial charge in [0.25, 0.3) is 6.43 Å². The van der Waals surface area contributed by atoms with E-state index in [2.05, 4.69) is 9.72 Å². The first kappa shape index (κ1) is 12.0. The van der Waals surface area contributed by atoms with Crippen molar-refractivity contribution in [2.75, 3.05) is 7.11 Å². The average molecular weight is 230 g/mol. The molecule has 0 unspecified atom stereocenters. The summed E-state index contributed by atoms with van der Waals surface area (Å²) in [7, 11) is 0.969. The Morgan fingerprint density at radius 2 is 2.25 bits per heavy atom. The van der Waals surface area contributed by atoms with E-state index in [9.17, 15) is 18.0 Å². The number of esters is 1. The Labute approximate surface area is 88.3 Å². The van der Waals surface area contributed by atoms with Gasteiger partial charge in [-0.3, -0.25) is 0 Å². The Morgan fingerprint density at radius 3 is 2.69 bits per heavy atom. The number of alkyl halides is 2. The summed E-state index contributed by atoms with van der Waals surface area (Å²) in [6.45, 7) is 0. The van der Waals surface area contributed by atoms with Crippen LogP contribution in [-0.4, -0.2) is 18.1 Å². The molecule has 0 radical (unpaired) electrons. The van der Waals surface area contributed by atoms with Crippen LogP contribution in [-0.2, 0) is 4.74 Å². The average Bonchev–Trinajstić information content (AvgIpc) is 2.28. The summed E-state index contributed by atoms with van der Waals surface area (Å²) in [4.78, 5) is 14.1. The third-order valence-corrected chi connectivity index (χ3v) is 1.71. The molecule has 0 aliphatic rings. The van der Waals surface area contributed by atoms with Gasteiger partial charge in [-0.15, -0.1) is 0 Å². The second kappa shape index (κ2) is 4.61. The Hall–Kier alpha value is -2.10. The molecular formula is C9H5F3N2O2. The largest absolute Gasteiger partial charge is 0.465 e. The van der Waals surface area contributed by atoms with Crippen molar-refractivity contribution in [2.24, 2.45) is 0 Å². The maximum absolute atomic E-state index is 13.3. The normalized spacial score (nSPS) is 10.0. The van der Waals surface area contributed by atoms with Crippen LogP contribution in [0.15, 0.2) is 6.07 Å². The van der Waals surface area contributed by atoms with E-state index >= 15 is 0 Å². The zero-order chi connectivity index (χ0) is 12.3. The van der Waals surface area contributed by atoms with Crippen molar-refractivity contribution in [3.05, 3.63) is 28.8 Å². The van der Waals surface area contributed by atoms with Crippen molar-refractivity contribution in [1.82, 2.24) is 4.98 Å². The summed E-state index contributed by atoms with van der Waals surface area (Å²) in [5.74, 6) is -2.61. The lowest BCUT2D eigenvalue weighted by molar-refractivity contribution is 0.0593. The van der Waals surface area contributed by atoms with Gasteiger partial charge in [-0.25, -0.2) is 22.9 Å². The quantitative estimate of drug-likeness (QED) is 0.727. The van der Waals surface area contributed by atoms with Crippen LogP contribution in [0.25, 0.3) is 0 Å². The number of carbonyl (C=O) groups excluding carboxylic acids is 1. The lowest BCUT2D eigenvalue weighted by Gasteiger charge is -2.06. The van der Waals surface area contributed by atoms with E-state index in [1.54, 1.807) is 0 Å². The van der Waals surface area contributed by atoms with Gasteiger partial charge in [0.1, 0.15) is 23.0 Å². The monoisotopic (exact) mass is 230 g/mol. The molecule has 4 nitrogen and oxygen atoms in total. The molecule has 1 heterocycles. The van der Waals surface area contributed by atoms with Crippen molar-refractivity contribution in [3.8, 4) is 6.07 Å². The number of carbonyl (C=O) groups is 1. The van der Waals surface area contributed by atoms with Crippen LogP contribution in [0.4, 0.5) is 13.2 Å². The molecule has 7 heteroatoms. The zero-order valence-electron chi connectivity index (χ0n) is 8.00. The highest BCUT2D eigenvalue weighted by molar-refractivity contribution is 5.90. The summed E-state index contributed by atoms with van der Waals surface area (Å²) in [6.07, 6.45) is -3.21. The molecular weight excluding hydrogens is 225 g/mol. The smallest absolute Gasteiger partial charge is 0.341 e. The standard InChI is InChI=1S/C9H5F3N2O2/c1-16-9(15)5-2-4(3-13)14-7(6(5)10)8(11)12/h2,8H,1H3. The van der Waals surface area contributed by atoms with Gasteiger partial charge >= 0.3 is 5.97 Å². The maximum Gasteiger partial charge on any atom is 0.341 e. The molecule has 0 fully saturated rings. The minimum atomic E-state index is -3.21. The number of halogens is 3. The van der Waals surface area contributed by atoms with Gasteiger partial charge in [0.2, 0.25) is 0 Å². The van der Waals surface area contributed by atoms with Crippen molar-refractivity contribution in [3.63, 3.8) is 0 Å². The Morgan fingerprint density at radius 1 is 1.62 bits per heavy atom. The van der Waals surface area contributed by atoms with E-state index in [0.717, 1.165) is 13.2 Å².